The normalized spacial score (nSPS) is 16.1. The fourth-order valence-corrected chi connectivity index (χ4v) is 4.23. The Morgan fingerprint density at radius 1 is 1.04 bits per heavy atom. The number of amides is 1. The number of carbonyl (C=O) groups excluding carboxylic acids is 1. The van der Waals surface area contributed by atoms with Crippen LogP contribution in [-0.2, 0) is 11.3 Å². The Bertz CT molecular complexity index is 744. The fraction of sp³-hybridized carbons (Fsp3) is 0.353. The molecule has 1 aliphatic rings. The molecule has 4 nitrogen and oxygen atoms in total. The predicted octanol–water partition coefficient (Wildman–Crippen LogP) is 4.46. The van der Waals surface area contributed by atoms with Crippen LogP contribution in [0.5, 0.6) is 0 Å². The minimum absolute atomic E-state index is 0.0809. The number of halogens is 3. The second-order valence-electron chi connectivity index (χ2n) is 5.91. The first-order valence-corrected chi connectivity index (χ1v) is 9.89. The molecule has 0 radical (unpaired) electrons. The van der Waals surface area contributed by atoms with Gasteiger partial charge in [0.15, 0.2) is 0 Å². The maximum absolute atomic E-state index is 12.2. The van der Waals surface area contributed by atoms with Crippen LogP contribution in [0.1, 0.15) is 4.88 Å². The summed E-state index contributed by atoms with van der Waals surface area (Å²) < 4.78 is 0.824. The molecule has 0 aliphatic carbocycles. The van der Waals surface area contributed by atoms with E-state index >= 15 is 0 Å². The van der Waals surface area contributed by atoms with E-state index in [4.69, 9.17) is 34.8 Å². The second kappa shape index (κ2) is 8.71. The molecule has 3 rings (SSSR count). The van der Waals surface area contributed by atoms with Gasteiger partial charge in [-0.05, 0) is 24.3 Å². The SMILES string of the molecule is O=C(CN1CCN(Cc2ccc(Cl)s2)CC1)Nc1cccc(Cl)c1Cl. The van der Waals surface area contributed by atoms with Crippen molar-refractivity contribution < 1.29 is 4.79 Å². The van der Waals surface area contributed by atoms with Gasteiger partial charge in [0.05, 0.1) is 26.6 Å². The Morgan fingerprint density at radius 3 is 2.44 bits per heavy atom. The number of benzene rings is 1. The lowest BCUT2D eigenvalue weighted by Crippen LogP contribution is -2.48. The molecule has 1 N–H and O–H groups in total. The van der Waals surface area contributed by atoms with E-state index < -0.39 is 0 Å². The summed E-state index contributed by atoms with van der Waals surface area (Å²) in [5.74, 6) is -0.0809. The summed E-state index contributed by atoms with van der Waals surface area (Å²) >= 11 is 19.7. The number of piperazine rings is 1. The fourth-order valence-electron chi connectivity index (χ4n) is 2.76. The smallest absolute Gasteiger partial charge is 0.238 e. The van der Waals surface area contributed by atoms with Crippen molar-refractivity contribution in [3.05, 3.63) is 49.6 Å². The van der Waals surface area contributed by atoms with Crippen molar-refractivity contribution in [1.29, 1.82) is 0 Å². The Balaban J connectivity index is 1.45. The Labute approximate surface area is 166 Å². The van der Waals surface area contributed by atoms with Crippen LogP contribution in [0.4, 0.5) is 5.69 Å². The second-order valence-corrected chi connectivity index (χ2v) is 8.49. The first-order valence-electron chi connectivity index (χ1n) is 7.94. The molecule has 1 saturated heterocycles. The van der Waals surface area contributed by atoms with E-state index in [9.17, 15) is 4.79 Å². The summed E-state index contributed by atoms with van der Waals surface area (Å²) in [6.45, 7) is 4.84. The number of nitrogens with zero attached hydrogens (tertiary/aromatic N) is 2. The molecule has 25 heavy (non-hydrogen) atoms. The van der Waals surface area contributed by atoms with E-state index in [2.05, 4.69) is 21.2 Å². The maximum Gasteiger partial charge on any atom is 0.238 e. The van der Waals surface area contributed by atoms with E-state index in [0.29, 0.717) is 22.3 Å². The number of hydrogen-bond acceptors (Lipinski definition) is 4. The van der Waals surface area contributed by atoms with Gasteiger partial charge in [-0.1, -0.05) is 40.9 Å². The summed E-state index contributed by atoms with van der Waals surface area (Å²) in [6.07, 6.45) is 0. The Hall–Kier alpha value is -0.820. The van der Waals surface area contributed by atoms with Gasteiger partial charge in [0.1, 0.15) is 0 Å². The van der Waals surface area contributed by atoms with Crippen LogP contribution in [-0.4, -0.2) is 48.4 Å². The van der Waals surface area contributed by atoms with Gasteiger partial charge in [-0.25, -0.2) is 0 Å². The van der Waals surface area contributed by atoms with Gasteiger partial charge in [0.2, 0.25) is 5.91 Å². The quantitative estimate of drug-likeness (QED) is 0.778. The summed E-state index contributed by atoms with van der Waals surface area (Å²) in [4.78, 5) is 18.0. The third-order valence-corrected chi connectivity index (χ3v) is 6.10. The van der Waals surface area contributed by atoms with Gasteiger partial charge >= 0.3 is 0 Å². The zero-order chi connectivity index (χ0) is 17.8. The number of rotatable bonds is 5. The number of hydrogen-bond donors (Lipinski definition) is 1. The highest BCUT2D eigenvalue weighted by Gasteiger charge is 2.20. The van der Waals surface area contributed by atoms with Gasteiger partial charge in [0.25, 0.3) is 0 Å². The predicted molar refractivity (Wildman–Crippen MR) is 106 cm³/mol. The Kier molecular flexibility index (Phi) is 6.61. The molecule has 8 heteroatoms. The van der Waals surface area contributed by atoms with E-state index in [0.717, 1.165) is 37.1 Å². The number of nitrogens with one attached hydrogen (secondary N) is 1. The van der Waals surface area contributed by atoms with Crippen molar-refractivity contribution >= 4 is 57.7 Å². The van der Waals surface area contributed by atoms with Crippen molar-refractivity contribution in [2.75, 3.05) is 38.0 Å². The van der Waals surface area contributed by atoms with Crippen LogP contribution in [0.2, 0.25) is 14.4 Å². The van der Waals surface area contributed by atoms with Crippen LogP contribution < -0.4 is 5.32 Å². The van der Waals surface area contributed by atoms with Crippen LogP contribution in [0.15, 0.2) is 30.3 Å². The minimum atomic E-state index is -0.0809. The molecular formula is C17H18Cl3N3OS. The Morgan fingerprint density at radius 2 is 1.76 bits per heavy atom. The summed E-state index contributed by atoms with van der Waals surface area (Å²) in [7, 11) is 0. The van der Waals surface area contributed by atoms with Crippen molar-refractivity contribution in [2.45, 2.75) is 6.54 Å². The van der Waals surface area contributed by atoms with Crippen LogP contribution >= 0.6 is 46.1 Å². The zero-order valence-electron chi connectivity index (χ0n) is 13.5. The molecule has 0 bridgehead atoms. The third kappa shape index (κ3) is 5.33. The largest absolute Gasteiger partial charge is 0.324 e. The average molecular weight is 419 g/mol. The van der Waals surface area contributed by atoms with E-state index in [1.807, 2.05) is 6.07 Å². The van der Waals surface area contributed by atoms with E-state index in [-0.39, 0.29) is 5.91 Å². The topological polar surface area (TPSA) is 35.6 Å². The molecule has 2 heterocycles. The molecule has 1 aliphatic heterocycles. The highest BCUT2D eigenvalue weighted by Crippen LogP contribution is 2.29. The first-order chi connectivity index (χ1) is 12.0. The summed E-state index contributed by atoms with van der Waals surface area (Å²) in [5.41, 5.74) is 0.548. The van der Waals surface area contributed by atoms with Gasteiger partial charge in [0, 0.05) is 37.6 Å². The van der Waals surface area contributed by atoms with Gasteiger partial charge < -0.3 is 5.32 Å². The minimum Gasteiger partial charge on any atom is -0.324 e. The van der Waals surface area contributed by atoms with E-state index in [1.165, 1.54) is 4.88 Å². The van der Waals surface area contributed by atoms with E-state index in [1.54, 1.807) is 29.5 Å². The molecule has 1 fully saturated rings. The number of anilines is 1. The van der Waals surface area contributed by atoms with Crippen molar-refractivity contribution in [3.8, 4) is 0 Å². The molecule has 1 aromatic heterocycles. The maximum atomic E-state index is 12.2. The highest BCUT2D eigenvalue weighted by molar-refractivity contribution is 7.16. The lowest BCUT2D eigenvalue weighted by Gasteiger charge is -2.34. The molecular weight excluding hydrogens is 401 g/mol. The number of thiophene rings is 1. The lowest BCUT2D eigenvalue weighted by molar-refractivity contribution is -0.117. The van der Waals surface area contributed by atoms with Gasteiger partial charge in [-0.3, -0.25) is 14.6 Å². The summed E-state index contributed by atoms with van der Waals surface area (Å²) in [5, 5.41) is 3.63. The monoisotopic (exact) mass is 417 g/mol. The van der Waals surface area contributed by atoms with Crippen LogP contribution in [0.3, 0.4) is 0 Å². The molecule has 0 unspecified atom stereocenters. The van der Waals surface area contributed by atoms with Crippen LogP contribution in [0, 0.1) is 0 Å². The molecule has 0 saturated carbocycles. The van der Waals surface area contributed by atoms with Crippen molar-refractivity contribution in [2.24, 2.45) is 0 Å². The van der Waals surface area contributed by atoms with Crippen molar-refractivity contribution in [3.63, 3.8) is 0 Å². The standard InChI is InChI=1S/C17H18Cl3N3OS/c18-13-2-1-3-14(17(13)20)21-16(24)11-23-8-6-22(7-9-23)10-12-4-5-15(19)25-12/h1-5H,6-11H2,(H,21,24). The zero-order valence-corrected chi connectivity index (χ0v) is 16.6. The van der Waals surface area contributed by atoms with Gasteiger partial charge in [-0.2, -0.15) is 0 Å². The van der Waals surface area contributed by atoms with Gasteiger partial charge in [-0.15, -0.1) is 11.3 Å². The van der Waals surface area contributed by atoms with Crippen molar-refractivity contribution in [1.82, 2.24) is 9.80 Å². The van der Waals surface area contributed by atoms with Crippen LogP contribution in [0.25, 0.3) is 0 Å². The highest BCUT2D eigenvalue weighted by atomic mass is 35.5. The molecule has 1 amide bonds. The molecule has 0 atom stereocenters. The lowest BCUT2D eigenvalue weighted by atomic mass is 10.3. The third-order valence-electron chi connectivity index (χ3n) is 4.07. The summed E-state index contributed by atoms with van der Waals surface area (Å²) in [6, 6.07) is 9.21. The molecule has 0 spiro atoms. The molecule has 1 aromatic carbocycles. The molecule has 2 aromatic rings. The number of carbonyl (C=O) groups is 1. The first kappa shape index (κ1) is 19.0. The molecule has 134 valence electrons. The average Bonchev–Trinajstić information content (AvgIpc) is 2.99.